The Kier molecular flexibility index (Phi) is 6.55. The van der Waals surface area contributed by atoms with Crippen molar-refractivity contribution in [2.75, 3.05) is 24.7 Å². The Morgan fingerprint density at radius 2 is 1.76 bits per heavy atom. The molecule has 6 aromatic rings. The van der Waals surface area contributed by atoms with E-state index in [9.17, 15) is 17.6 Å². The van der Waals surface area contributed by atoms with Crippen LogP contribution < -0.4 is 9.62 Å². The second-order valence-electron chi connectivity index (χ2n) is 9.42. The molecule has 3 aromatic carbocycles. The summed E-state index contributed by atoms with van der Waals surface area (Å²) in [6.07, 6.45) is 2.84. The number of hydrogen-bond donors (Lipinski definition) is 1. The predicted molar refractivity (Wildman–Crippen MR) is 160 cm³/mol. The number of carbonyl (C=O) groups is 1. The number of aromatic nitrogens is 2. The van der Waals surface area contributed by atoms with Crippen LogP contribution in [0.25, 0.3) is 54.3 Å². The number of rotatable bonds is 6. The van der Waals surface area contributed by atoms with Crippen molar-refractivity contribution in [1.82, 2.24) is 15.3 Å². The molecular weight excluding hydrogens is 563 g/mol. The summed E-state index contributed by atoms with van der Waals surface area (Å²) in [4.78, 5) is 23.0. The molecule has 0 atom stereocenters. The standard InChI is InChI=1S/C30H23FN4O4S2/c1-32-28(36)26-22-15-21(18-6-4-7-19(14-18)29-34-23-8-5-13-33-30(23)40-29)24(35(2)41(3,37)38)16-25(22)39-27(26)17-9-11-20(31)12-10-17/h4-16H,1-3H3,(H,32,36). The SMILES string of the molecule is CNC(=O)c1c(-c2ccc(F)cc2)oc2cc(N(C)S(C)(=O)=O)c(-c3cccc(-c4nc5cccnc5s4)c3)cc12. The Balaban J connectivity index is 1.61. The van der Waals surface area contributed by atoms with Crippen molar-refractivity contribution in [3.8, 4) is 33.0 Å². The maximum atomic E-state index is 13.7. The molecule has 0 radical (unpaired) electrons. The van der Waals surface area contributed by atoms with Crippen LogP contribution in [0.5, 0.6) is 0 Å². The van der Waals surface area contributed by atoms with E-state index in [0.29, 0.717) is 27.8 Å². The largest absolute Gasteiger partial charge is 0.455 e. The van der Waals surface area contributed by atoms with Gasteiger partial charge in [-0.2, -0.15) is 0 Å². The van der Waals surface area contributed by atoms with Crippen molar-refractivity contribution >= 4 is 54.3 Å². The van der Waals surface area contributed by atoms with E-state index in [1.807, 2.05) is 36.4 Å². The second-order valence-corrected chi connectivity index (χ2v) is 12.4. The first kappa shape index (κ1) is 26.6. The van der Waals surface area contributed by atoms with E-state index >= 15 is 0 Å². The molecule has 8 nitrogen and oxygen atoms in total. The lowest BCUT2D eigenvalue weighted by atomic mass is 9.97. The lowest BCUT2D eigenvalue weighted by molar-refractivity contribution is 0.0964. The van der Waals surface area contributed by atoms with Gasteiger partial charge in [-0.25, -0.2) is 22.8 Å². The number of furan rings is 1. The zero-order valence-electron chi connectivity index (χ0n) is 22.2. The maximum absolute atomic E-state index is 13.7. The van der Waals surface area contributed by atoms with E-state index < -0.39 is 21.7 Å². The third-order valence-corrected chi connectivity index (χ3v) is 9.01. The minimum atomic E-state index is -3.66. The fourth-order valence-electron chi connectivity index (χ4n) is 4.67. The number of nitrogens with one attached hydrogen (secondary N) is 1. The van der Waals surface area contributed by atoms with Crippen LogP contribution in [-0.4, -0.2) is 44.6 Å². The molecule has 0 aliphatic heterocycles. The van der Waals surface area contributed by atoms with E-state index in [0.717, 1.165) is 32.7 Å². The Hall–Kier alpha value is -4.61. The molecule has 1 N–H and O–H groups in total. The molecule has 41 heavy (non-hydrogen) atoms. The van der Waals surface area contributed by atoms with Crippen LogP contribution in [-0.2, 0) is 10.0 Å². The van der Waals surface area contributed by atoms with Gasteiger partial charge in [0.1, 0.15) is 32.5 Å². The summed E-state index contributed by atoms with van der Waals surface area (Å²) in [6.45, 7) is 0. The molecule has 11 heteroatoms. The molecule has 1 amide bonds. The molecule has 0 aliphatic rings. The van der Waals surface area contributed by atoms with Gasteiger partial charge in [0.25, 0.3) is 5.91 Å². The number of nitrogens with zero attached hydrogens (tertiary/aromatic N) is 3. The van der Waals surface area contributed by atoms with E-state index in [2.05, 4.69) is 10.3 Å². The van der Waals surface area contributed by atoms with Crippen molar-refractivity contribution in [1.29, 1.82) is 0 Å². The summed E-state index contributed by atoms with van der Waals surface area (Å²) in [5.74, 6) is -0.566. The molecule has 0 bridgehead atoms. The number of sulfonamides is 1. The molecule has 0 unspecified atom stereocenters. The van der Waals surface area contributed by atoms with Gasteiger partial charge < -0.3 is 9.73 Å². The summed E-state index contributed by atoms with van der Waals surface area (Å²) in [7, 11) is -0.686. The van der Waals surface area contributed by atoms with Gasteiger partial charge in [0, 0.05) is 48.4 Å². The average Bonchev–Trinajstić information content (AvgIpc) is 3.57. The highest BCUT2D eigenvalue weighted by Crippen LogP contribution is 2.42. The monoisotopic (exact) mass is 586 g/mol. The molecule has 0 saturated carbocycles. The molecule has 0 saturated heterocycles. The highest BCUT2D eigenvalue weighted by molar-refractivity contribution is 7.92. The topological polar surface area (TPSA) is 105 Å². The van der Waals surface area contributed by atoms with Gasteiger partial charge in [-0.05, 0) is 54.1 Å². The minimum absolute atomic E-state index is 0.250. The van der Waals surface area contributed by atoms with E-state index in [4.69, 9.17) is 9.40 Å². The Labute approximate surface area is 239 Å². The van der Waals surface area contributed by atoms with Gasteiger partial charge in [-0.15, -0.1) is 0 Å². The van der Waals surface area contributed by atoms with Crippen LogP contribution in [0.2, 0.25) is 0 Å². The molecule has 0 fully saturated rings. The van der Waals surface area contributed by atoms with Crippen LogP contribution in [0.3, 0.4) is 0 Å². The molecule has 0 spiro atoms. The van der Waals surface area contributed by atoms with Crippen molar-refractivity contribution < 1.29 is 22.0 Å². The summed E-state index contributed by atoms with van der Waals surface area (Å²) in [5, 5.41) is 3.91. The van der Waals surface area contributed by atoms with Crippen LogP contribution >= 0.6 is 11.3 Å². The van der Waals surface area contributed by atoms with E-state index in [1.54, 1.807) is 18.3 Å². The summed E-state index contributed by atoms with van der Waals surface area (Å²) in [5.41, 5.74) is 4.36. The fourth-order valence-corrected chi connectivity index (χ4v) is 6.08. The lowest BCUT2D eigenvalue weighted by Gasteiger charge is -2.21. The normalized spacial score (nSPS) is 11.7. The third kappa shape index (κ3) is 4.83. The van der Waals surface area contributed by atoms with Crippen molar-refractivity contribution in [3.63, 3.8) is 0 Å². The minimum Gasteiger partial charge on any atom is -0.455 e. The number of amides is 1. The molecule has 0 aliphatic carbocycles. The van der Waals surface area contributed by atoms with Crippen LogP contribution in [0.15, 0.2) is 83.4 Å². The summed E-state index contributed by atoms with van der Waals surface area (Å²) >= 11 is 1.46. The Morgan fingerprint density at radius 3 is 2.46 bits per heavy atom. The summed E-state index contributed by atoms with van der Waals surface area (Å²) < 4.78 is 46.4. The molecule has 3 aromatic heterocycles. The third-order valence-electron chi connectivity index (χ3n) is 6.79. The highest BCUT2D eigenvalue weighted by Gasteiger charge is 2.26. The van der Waals surface area contributed by atoms with Gasteiger partial charge in [-0.1, -0.05) is 29.5 Å². The van der Waals surface area contributed by atoms with Gasteiger partial charge >= 0.3 is 0 Å². The Bertz CT molecular complexity index is 2040. The zero-order valence-corrected chi connectivity index (χ0v) is 23.8. The van der Waals surface area contributed by atoms with Crippen molar-refractivity contribution in [3.05, 3.63) is 90.4 Å². The molecule has 3 heterocycles. The fraction of sp³-hybridized carbons (Fsp3) is 0.100. The molecule has 206 valence electrons. The number of fused-ring (bicyclic) bond motifs is 2. The van der Waals surface area contributed by atoms with Crippen molar-refractivity contribution in [2.24, 2.45) is 0 Å². The van der Waals surface area contributed by atoms with Gasteiger partial charge in [0.2, 0.25) is 10.0 Å². The zero-order chi connectivity index (χ0) is 28.9. The average molecular weight is 587 g/mol. The van der Waals surface area contributed by atoms with E-state index in [-0.39, 0.29) is 11.3 Å². The number of halogens is 1. The van der Waals surface area contributed by atoms with Gasteiger partial charge in [-0.3, -0.25) is 9.10 Å². The van der Waals surface area contributed by atoms with Crippen molar-refractivity contribution in [2.45, 2.75) is 0 Å². The Morgan fingerprint density at radius 1 is 1.00 bits per heavy atom. The van der Waals surface area contributed by atoms with Crippen LogP contribution in [0.1, 0.15) is 10.4 Å². The highest BCUT2D eigenvalue weighted by atomic mass is 32.2. The first-order chi connectivity index (χ1) is 19.6. The predicted octanol–water partition coefficient (Wildman–Crippen LogP) is 6.33. The van der Waals surface area contributed by atoms with Crippen LogP contribution in [0.4, 0.5) is 10.1 Å². The number of carbonyl (C=O) groups excluding carboxylic acids is 1. The summed E-state index contributed by atoms with van der Waals surface area (Å²) in [6, 6.07) is 20.3. The second kappa shape index (κ2) is 10.1. The number of thiazole rings is 1. The molecule has 6 rings (SSSR count). The lowest BCUT2D eigenvalue weighted by Crippen LogP contribution is -2.25. The molecular formula is C30H23FN4O4S2. The first-order valence-electron chi connectivity index (χ1n) is 12.5. The van der Waals surface area contributed by atoms with Gasteiger partial charge in [0.05, 0.1) is 17.5 Å². The maximum Gasteiger partial charge on any atom is 0.255 e. The number of pyridine rings is 1. The van der Waals surface area contributed by atoms with Gasteiger partial charge in [0.15, 0.2) is 0 Å². The number of anilines is 1. The van der Waals surface area contributed by atoms with E-state index in [1.165, 1.54) is 54.0 Å². The van der Waals surface area contributed by atoms with Crippen LogP contribution in [0, 0.1) is 5.82 Å². The first-order valence-corrected chi connectivity index (χ1v) is 15.2. The number of benzene rings is 3. The number of hydrogen-bond acceptors (Lipinski definition) is 7. The smallest absolute Gasteiger partial charge is 0.255 e. The quantitative estimate of drug-likeness (QED) is 0.244.